The van der Waals surface area contributed by atoms with Crippen molar-refractivity contribution in [2.24, 2.45) is 11.7 Å². The van der Waals surface area contributed by atoms with E-state index in [2.05, 4.69) is 30.5 Å². The van der Waals surface area contributed by atoms with E-state index in [1.165, 1.54) is 38.5 Å². The van der Waals surface area contributed by atoms with E-state index in [0.29, 0.717) is 32.1 Å². The minimum absolute atomic E-state index is 0.0268. The van der Waals surface area contributed by atoms with E-state index in [1.54, 1.807) is 12.2 Å². The Bertz CT molecular complexity index is 1280. The number of rotatable bonds is 37. The van der Waals surface area contributed by atoms with Gasteiger partial charge in [-0.15, -0.1) is 0 Å². The third-order valence-corrected chi connectivity index (χ3v) is 11.1. The van der Waals surface area contributed by atoms with Gasteiger partial charge in [0.2, 0.25) is 0 Å². The second-order valence-corrected chi connectivity index (χ2v) is 17.2. The zero-order valence-electron chi connectivity index (χ0n) is 36.3. The van der Waals surface area contributed by atoms with E-state index in [1.807, 2.05) is 12.2 Å². The smallest absolute Gasteiger partial charge is 0.472 e. The summed E-state index contributed by atoms with van der Waals surface area (Å²) in [4.78, 5) is 46.2. The Hall–Kier alpha value is -2.46. The highest BCUT2D eigenvalue weighted by atomic mass is 31.2. The number of carbonyl (C=O) groups excluding carboxylic acids is 2. The van der Waals surface area contributed by atoms with Gasteiger partial charge in [0, 0.05) is 25.2 Å². The molecule has 2 unspecified atom stereocenters. The molecule has 0 aromatic carbocycles. The topological polar surface area (TPSA) is 242 Å². The van der Waals surface area contributed by atoms with Crippen molar-refractivity contribution in [3.8, 4) is 0 Å². The number of aliphatic hydroxyl groups is 3. The van der Waals surface area contributed by atoms with Gasteiger partial charge in [-0.05, 0) is 57.8 Å². The van der Waals surface area contributed by atoms with Gasteiger partial charge in [-0.1, -0.05) is 121 Å². The predicted octanol–water partition coefficient (Wildman–Crippen LogP) is 7.72. The lowest BCUT2D eigenvalue weighted by Gasteiger charge is -2.36. The van der Waals surface area contributed by atoms with Crippen LogP contribution in [-0.2, 0) is 42.2 Å². The predicted molar refractivity (Wildman–Crippen MR) is 230 cm³/mol. The normalized spacial score (nSPS) is 21.0. The standard InChI is InChI=1S/C44H78NO14P/c1-3-5-7-8-9-10-11-12-13-14-15-16-17-18-24-28-42(49)58-36(33-56-60(53,54)57-34-38(45)44(51)52)32-55-41(48)27-23-20-19-22-26-37-39(47)31-43(50)59-40(37)30-29-35(46)25-21-6-4-2/h10-11,19,22,29-30,35-40,43,46-47,50H,3-9,12-18,20-21,23-28,31-34,45H2,1-2H3,(H,51,52)(H,53,54)/b11-10-,22-19-,30-29+/t35-,36+,37-,38-,39-,40+,43?/m0/s1. The molecule has 0 spiro atoms. The zero-order chi connectivity index (χ0) is 44.4. The van der Waals surface area contributed by atoms with Crippen LogP contribution in [0, 0.1) is 5.92 Å². The molecule has 60 heavy (non-hydrogen) atoms. The second kappa shape index (κ2) is 35.1. The Balaban J connectivity index is 2.53. The third-order valence-electron chi connectivity index (χ3n) is 10.2. The molecule has 16 heteroatoms. The average Bonchev–Trinajstić information content (AvgIpc) is 3.20. The van der Waals surface area contributed by atoms with Crippen LogP contribution in [0.3, 0.4) is 0 Å². The number of carboxylic acid groups (broad SMARTS) is 1. The van der Waals surface area contributed by atoms with Gasteiger partial charge in [0.25, 0.3) is 0 Å². The van der Waals surface area contributed by atoms with E-state index >= 15 is 0 Å². The molecule has 0 radical (unpaired) electrons. The molecule has 1 heterocycles. The van der Waals surface area contributed by atoms with Gasteiger partial charge in [-0.3, -0.25) is 23.4 Å². The number of phosphoric acid groups is 1. The van der Waals surface area contributed by atoms with E-state index < -0.39 is 82.3 Å². The number of ether oxygens (including phenoxy) is 3. The first-order valence-corrected chi connectivity index (χ1v) is 23.9. The number of phosphoric ester groups is 1. The number of unbranched alkanes of at least 4 members (excludes halogenated alkanes) is 14. The molecule has 0 aromatic heterocycles. The molecule has 0 saturated carbocycles. The summed E-state index contributed by atoms with van der Waals surface area (Å²) in [6, 6.07) is -1.56. The molecule has 1 saturated heterocycles. The molecule has 348 valence electrons. The number of aliphatic carboxylic acids is 1. The fraction of sp³-hybridized carbons (Fsp3) is 0.795. The Morgan fingerprint density at radius 1 is 0.767 bits per heavy atom. The molecule has 0 aliphatic carbocycles. The van der Waals surface area contributed by atoms with Crippen molar-refractivity contribution in [1.82, 2.24) is 0 Å². The SMILES string of the molecule is CCCCCC/C=C\CCCCCCCCCC(=O)O[C@H](COC(=O)CCC/C=C\C[C@H]1[C@@H](O)CC(O)O[C@@H]1/C=C/[C@@H](O)CCCCC)COP(=O)(O)OC[C@H](N)C(=O)O. The molecule has 0 amide bonds. The minimum Gasteiger partial charge on any atom is -0.480 e. The Morgan fingerprint density at radius 3 is 2.00 bits per heavy atom. The Labute approximate surface area is 358 Å². The number of hydrogen-bond donors (Lipinski definition) is 6. The molecule has 0 aromatic rings. The number of allylic oxidation sites excluding steroid dienone is 4. The molecule has 0 bridgehead atoms. The summed E-state index contributed by atoms with van der Waals surface area (Å²) in [7, 11) is -4.79. The average molecular weight is 876 g/mol. The van der Waals surface area contributed by atoms with Gasteiger partial charge in [0.05, 0.1) is 31.5 Å². The fourth-order valence-electron chi connectivity index (χ4n) is 6.51. The molecule has 1 rings (SSSR count). The van der Waals surface area contributed by atoms with Crippen molar-refractivity contribution in [2.45, 2.75) is 198 Å². The molecule has 8 atom stereocenters. The van der Waals surface area contributed by atoms with Crippen LogP contribution in [0.25, 0.3) is 0 Å². The quantitative estimate of drug-likeness (QED) is 0.0151. The maximum Gasteiger partial charge on any atom is 0.472 e. The van der Waals surface area contributed by atoms with Crippen molar-refractivity contribution in [3.63, 3.8) is 0 Å². The largest absolute Gasteiger partial charge is 0.480 e. The number of nitrogens with two attached hydrogens (primary N) is 1. The summed E-state index contributed by atoms with van der Waals surface area (Å²) in [6.45, 7) is 2.40. The molecule has 1 fully saturated rings. The maximum absolute atomic E-state index is 12.7. The highest BCUT2D eigenvalue weighted by molar-refractivity contribution is 7.47. The minimum atomic E-state index is -4.79. The van der Waals surface area contributed by atoms with Gasteiger partial charge in [-0.2, -0.15) is 0 Å². The summed E-state index contributed by atoms with van der Waals surface area (Å²) >= 11 is 0. The summed E-state index contributed by atoms with van der Waals surface area (Å²) < 4.78 is 38.3. The van der Waals surface area contributed by atoms with Gasteiger partial charge in [-0.25, -0.2) is 4.57 Å². The molecular formula is C44H78NO14P. The first-order valence-electron chi connectivity index (χ1n) is 22.4. The first-order chi connectivity index (χ1) is 28.8. The van der Waals surface area contributed by atoms with Gasteiger partial charge in [0.15, 0.2) is 12.4 Å². The molecule has 15 nitrogen and oxygen atoms in total. The van der Waals surface area contributed by atoms with Crippen LogP contribution in [0.4, 0.5) is 0 Å². The number of carbonyl (C=O) groups is 3. The number of carboxylic acids is 1. The van der Waals surface area contributed by atoms with Gasteiger partial charge >= 0.3 is 25.7 Å². The van der Waals surface area contributed by atoms with E-state index in [0.717, 1.165) is 57.8 Å². The van der Waals surface area contributed by atoms with Crippen LogP contribution < -0.4 is 5.73 Å². The van der Waals surface area contributed by atoms with Crippen LogP contribution in [0.2, 0.25) is 0 Å². The lowest BCUT2D eigenvalue weighted by Crippen LogP contribution is -2.43. The number of hydrogen-bond acceptors (Lipinski definition) is 13. The van der Waals surface area contributed by atoms with Crippen molar-refractivity contribution >= 4 is 25.7 Å². The first kappa shape index (κ1) is 55.6. The Morgan fingerprint density at radius 2 is 1.33 bits per heavy atom. The summed E-state index contributed by atoms with van der Waals surface area (Å²) in [5.41, 5.74) is 5.33. The zero-order valence-corrected chi connectivity index (χ0v) is 37.2. The lowest BCUT2D eigenvalue weighted by molar-refractivity contribution is -0.199. The van der Waals surface area contributed by atoms with Crippen LogP contribution in [0.1, 0.15) is 162 Å². The van der Waals surface area contributed by atoms with Crippen molar-refractivity contribution in [2.75, 3.05) is 19.8 Å². The van der Waals surface area contributed by atoms with Crippen molar-refractivity contribution in [3.05, 3.63) is 36.5 Å². The summed E-state index contributed by atoms with van der Waals surface area (Å²) in [6.07, 6.45) is 26.8. The van der Waals surface area contributed by atoms with Crippen LogP contribution in [-0.4, -0.2) is 99.8 Å². The molecular weight excluding hydrogens is 797 g/mol. The highest BCUT2D eigenvalue weighted by Crippen LogP contribution is 2.43. The number of esters is 2. The van der Waals surface area contributed by atoms with Gasteiger partial charge < -0.3 is 45.3 Å². The monoisotopic (exact) mass is 876 g/mol. The molecule has 1 aliphatic heterocycles. The number of aliphatic hydroxyl groups excluding tert-OH is 3. The van der Waals surface area contributed by atoms with E-state index in [4.69, 9.17) is 29.6 Å². The third kappa shape index (κ3) is 29.7. The summed E-state index contributed by atoms with van der Waals surface area (Å²) in [5, 5.41) is 39.8. The van der Waals surface area contributed by atoms with E-state index in [9.17, 15) is 39.2 Å². The van der Waals surface area contributed by atoms with Crippen LogP contribution in [0.15, 0.2) is 36.5 Å². The van der Waals surface area contributed by atoms with E-state index in [-0.39, 0.29) is 25.2 Å². The molecule has 1 aliphatic rings. The Kier molecular flexibility index (Phi) is 32.5. The lowest BCUT2D eigenvalue weighted by atomic mass is 9.87. The molecule has 7 N–H and O–H groups in total. The van der Waals surface area contributed by atoms with Crippen molar-refractivity contribution in [1.29, 1.82) is 0 Å². The highest BCUT2D eigenvalue weighted by Gasteiger charge is 2.35. The summed E-state index contributed by atoms with van der Waals surface area (Å²) in [5.74, 6) is -2.95. The van der Waals surface area contributed by atoms with Crippen LogP contribution in [0.5, 0.6) is 0 Å². The van der Waals surface area contributed by atoms with Gasteiger partial charge in [0.1, 0.15) is 12.6 Å². The maximum atomic E-state index is 12.7. The van der Waals surface area contributed by atoms with Crippen molar-refractivity contribution < 1.29 is 67.5 Å². The second-order valence-electron chi connectivity index (χ2n) is 15.7. The fourth-order valence-corrected chi connectivity index (χ4v) is 7.29. The van der Waals surface area contributed by atoms with Crippen LogP contribution >= 0.6 is 7.82 Å².